The summed E-state index contributed by atoms with van der Waals surface area (Å²) in [7, 11) is 1.64. The molecule has 0 saturated heterocycles. The Labute approximate surface area is 176 Å². The van der Waals surface area contributed by atoms with Gasteiger partial charge in [-0.3, -0.25) is 14.4 Å². The highest BCUT2D eigenvalue weighted by Crippen LogP contribution is 2.29. The van der Waals surface area contributed by atoms with Gasteiger partial charge in [-0.2, -0.15) is 0 Å². The lowest BCUT2D eigenvalue weighted by Gasteiger charge is -2.29. The Kier molecular flexibility index (Phi) is 7.06. The summed E-state index contributed by atoms with van der Waals surface area (Å²) in [6.45, 7) is 1.92. The molecule has 0 saturated carbocycles. The molecule has 7 nitrogen and oxygen atoms in total. The number of benzene rings is 2. The third-order valence-corrected chi connectivity index (χ3v) is 5.07. The molecule has 1 aliphatic heterocycles. The van der Waals surface area contributed by atoms with Crippen LogP contribution in [0.3, 0.4) is 0 Å². The van der Waals surface area contributed by atoms with E-state index in [9.17, 15) is 14.4 Å². The Morgan fingerprint density at radius 2 is 1.87 bits per heavy atom. The lowest BCUT2D eigenvalue weighted by atomic mass is 10.1. The van der Waals surface area contributed by atoms with E-state index in [1.54, 1.807) is 25.3 Å². The third kappa shape index (κ3) is 5.59. The van der Waals surface area contributed by atoms with E-state index in [0.717, 1.165) is 18.6 Å². The summed E-state index contributed by atoms with van der Waals surface area (Å²) in [5, 5.41) is 5.70. The standard InChI is InChI=1S/C23H27N3O4/c1-16(7-8-17-9-11-18(30-2)12-10-17)24-21(27)13-14-23(29)26-15-22(28)25-19-5-3-4-6-20(19)26/h3-6,9-12,16H,7-8,13-15H2,1-2H3,(H,24,27)(H,25,28). The summed E-state index contributed by atoms with van der Waals surface area (Å²) in [4.78, 5) is 38.2. The molecule has 0 bridgehead atoms. The molecule has 7 heteroatoms. The second kappa shape index (κ2) is 9.91. The zero-order valence-corrected chi connectivity index (χ0v) is 17.3. The van der Waals surface area contributed by atoms with Crippen molar-refractivity contribution >= 4 is 29.1 Å². The minimum Gasteiger partial charge on any atom is -0.497 e. The molecule has 3 rings (SSSR count). The van der Waals surface area contributed by atoms with Crippen LogP contribution in [0.15, 0.2) is 48.5 Å². The number of ether oxygens (including phenoxy) is 1. The topological polar surface area (TPSA) is 87.7 Å². The van der Waals surface area contributed by atoms with Crippen LogP contribution in [0.1, 0.15) is 31.7 Å². The molecular weight excluding hydrogens is 382 g/mol. The molecule has 0 fully saturated rings. The van der Waals surface area contributed by atoms with E-state index in [-0.39, 0.29) is 43.1 Å². The van der Waals surface area contributed by atoms with Gasteiger partial charge in [0, 0.05) is 18.9 Å². The monoisotopic (exact) mass is 409 g/mol. The molecule has 1 unspecified atom stereocenters. The number of methoxy groups -OCH3 is 1. The Balaban J connectivity index is 1.44. The highest BCUT2D eigenvalue weighted by atomic mass is 16.5. The number of para-hydroxylation sites is 2. The number of hydrogen-bond donors (Lipinski definition) is 2. The van der Waals surface area contributed by atoms with Gasteiger partial charge < -0.3 is 20.3 Å². The van der Waals surface area contributed by atoms with E-state index in [0.29, 0.717) is 11.4 Å². The second-order valence-corrected chi connectivity index (χ2v) is 7.40. The van der Waals surface area contributed by atoms with E-state index in [2.05, 4.69) is 10.6 Å². The zero-order chi connectivity index (χ0) is 21.5. The molecule has 0 aliphatic carbocycles. The highest BCUT2D eigenvalue weighted by Gasteiger charge is 2.26. The average molecular weight is 409 g/mol. The first-order chi connectivity index (χ1) is 14.5. The number of amides is 3. The summed E-state index contributed by atoms with van der Waals surface area (Å²) >= 11 is 0. The van der Waals surface area contributed by atoms with E-state index in [1.165, 1.54) is 10.5 Å². The quantitative estimate of drug-likeness (QED) is 0.702. The van der Waals surface area contributed by atoms with Crippen LogP contribution in [0.5, 0.6) is 5.75 Å². The number of hydrogen-bond acceptors (Lipinski definition) is 4. The fraction of sp³-hybridized carbons (Fsp3) is 0.348. The number of carbonyl (C=O) groups excluding carboxylic acids is 3. The third-order valence-electron chi connectivity index (χ3n) is 5.07. The summed E-state index contributed by atoms with van der Waals surface area (Å²) in [5.41, 5.74) is 2.45. The molecule has 158 valence electrons. The normalized spacial score (nSPS) is 13.8. The maximum atomic E-state index is 12.6. The van der Waals surface area contributed by atoms with Crippen molar-refractivity contribution in [2.24, 2.45) is 0 Å². The van der Waals surface area contributed by atoms with Crippen molar-refractivity contribution in [1.82, 2.24) is 5.32 Å². The van der Waals surface area contributed by atoms with Crippen LogP contribution in [0, 0.1) is 0 Å². The van der Waals surface area contributed by atoms with Gasteiger partial charge in [0.25, 0.3) is 0 Å². The average Bonchev–Trinajstić information content (AvgIpc) is 2.75. The first kappa shape index (κ1) is 21.4. The number of anilines is 2. The van der Waals surface area contributed by atoms with E-state index >= 15 is 0 Å². The Hall–Kier alpha value is -3.35. The van der Waals surface area contributed by atoms with Gasteiger partial charge in [-0.25, -0.2) is 0 Å². The number of aryl methyl sites for hydroxylation is 1. The predicted octanol–water partition coefficient (Wildman–Crippen LogP) is 2.90. The van der Waals surface area contributed by atoms with Crippen molar-refractivity contribution in [1.29, 1.82) is 0 Å². The molecule has 30 heavy (non-hydrogen) atoms. The van der Waals surface area contributed by atoms with Crippen LogP contribution in [0.4, 0.5) is 11.4 Å². The molecule has 2 aromatic rings. The minimum absolute atomic E-state index is 0.00352. The van der Waals surface area contributed by atoms with Crippen molar-refractivity contribution in [3.8, 4) is 5.75 Å². The Bertz CT molecular complexity index is 911. The van der Waals surface area contributed by atoms with Crippen molar-refractivity contribution in [3.05, 3.63) is 54.1 Å². The minimum atomic E-state index is -0.238. The molecule has 1 aliphatic rings. The van der Waals surface area contributed by atoms with Gasteiger partial charge >= 0.3 is 0 Å². The Morgan fingerprint density at radius 1 is 1.13 bits per heavy atom. The number of rotatable bonds is 8. The van der Waals surface area contributed by atoms with Gasteiger partial charge in [0.2, 0.25) is 17.7 Å². The largest absolute Gasteiger partial charge is 0.497 e. The van der Waals surface area contributed by atoms with Gasteiger partial charge in [-0.15, -0.1) is 0 Å². The van der Waals surface area contributed by atoms with Gasteiger partial charge in [0.05, 0.1) is 18.5 Å². The number of carbonyl (C=O) groups is 3. The predicted molar refractivity (Wildman–Crippen MR) is 116 cm³/mol. The fourth-order valence-corrected chi connectivity index (χ4v) is 3.41. The Morgan fingerprint density at radius 3 is 2.60 bits per heavy atom. The number of fused-ring (bicyclic) bond motifs is 1. The highest BCUT2D eigenvalue weighted by molar-refractivity contribution is 6.10. The molecule has 1 atom stereocenters. The van der Waals surface area contributed by atoms with Crippen molar-refractivity contribution in [3.63, 3.8) is 0 Å². The molecule has 1 heterocycles. The zero-order valence-electron chi connectivity index (χ0n) is 17.3. The molecule has 2 aromatic carbocycles. The molecule has 3 amide bonds. The molecule has 0 aromatic heterocycles. The number of nitrogens with one attached hydrogen (secondary N) is 2. The van der Waals surface area contributed by atoms with Gasteiger partial charge in [0.1, 0.15) is 12.3 Å². The van der Waals surface area contributed by atoms with Crippen LogP contribution >= 0.6 is 0 Å². The van der Waals surface area contributed by atoms with Crippen LogP contribution in [0.2, 0.25) is 0 Å². The van der Waals surface area contributed by atoms with Gasteiger partial charge in [0.15, 0.2) is 0 Å². The van der Waals surface area contributed by atoms with Crippen molar-refractivity contribution in [2.45, 2.75) is 38.6 Å². The SMILES string of the molecule is COc1ccc(CCC(C)NC(=O)CCC(=O)N2CC(=O)Nc3ccccc32)cc1. The number of nitrogens with zero attached hydrogens (tertiary/aromatic N) is 1. The van der Waals surface area contributed by atoms with Gasteiger partial charge in [-0.05, 0) is 49.6 Å². The van der Waals surface area contributed by atoms with E-state index in [1.807, 2.05) is 37.3 Å². The van der Waals surface area contributed by atoms with Crippen LogP contribution in [-0.2, 0) is 20.8 Å². The molecule has 2 N–H and O–H groups in total. The van der Waals surface area contributed by atoms with Crippen molar-refractivity contribution < 1.29 is 19.1 Å². The summed E-state index contributed by atoms with van der Waals surface area (Å²) in [6, 6.07) is 15.0. The maximum absolute atomic E-state index is 12.6. The molecule has 0 radical (unpaired) electrons. The maximum Gasteiger partial charge on any atom is 0.244 e. The van der Waals surface area contributed by atoms with Crippen LogP contribution in [0.25, 0.3) is 0 Å². The summed E-state index contributed by atoms with van der Waals surface area (Å²) in [5.74, 6) is 0.177. The van der Waals surface area contributed by atoms with Crippen molar-refractivity contribution in [2.75, 3.05) is 23.9 Å². The summed E-state index contributed by atoms with van der Waals surface area (Å²) in [6.07, 6.45) is 1.78. The molecular formula is C23H27N3O4. The smallest absolute Gasteiger partial charge is 0.244 e. The lowest BCUT2D eigenvalue weighted by Crippen LogP contribution is -2.42. The summed E-state index contributed by atoms with van der Waals surface area (Å²) < 4.78 is 5.15. The van der Waals surface area contributed by atoms with Crippen LogP contribution < -0.4 is 20.3 Å². The fourth-order valence-electron chi connectivity index (χ4n) is 3.41. The van der Waals surface area contributed by atoms with Gasteiger partial charge in [-0.1, -0.05) is 24.3 Å². The van der Waals surface area contributed by atoms with E-state index in [4.69, 9.17) is 4.74 Å². The lowest BCUT2D eigenvalue weighted by molar-refractivity contribution is -0.126. The second-order valence-electron chi connectivity index (χ2n) is 7.40. The van der Waals surface area contributed by atoms with Crippen LogP contribution in [-0.4, -0.2) is 37.4 Å². The first-order valence-corrected chi connectivity index (χ1v) is 10.1. The first-order valence-electron chi connectivity index (χ1n) is 10.1. The molecule has 0 spiro atoms. The van der Waals surface area contributed by atoms with E-state index < -0.39 is 0 Å².